The van der Waals surface area contributed by atoms with Gasteiger partial charge in [0, 0.05) is 32.0 Å². The lowest BCUT2D eigenvalue weighted by Gasteiger charge is -2.31. The normalized spacial score (nSPS) is 14.4. The molecule has 1 fully saturated rings. The summed E-state index contributed by atoms with van der Waals surface area (Å²) in [6, 6.07) is 23.6. The fraction of sp³-hybridized carbons (Fsp3) is 0.324. The summed E-state index contributed by atoms with van der Waals surface area (Å²) in [6.07, 6.45) is 5.15. The summed E-state index contributed by atoms with van der Waals surface area (Å²) in [6.45, 7) is 4.10. The first-order valence-electron chi connectivity index (χ1n) is 14.4. The van der Waals surface area contributed by atoms with Gasteiger partial charge in [0.15, 0.2) is 0 Å². The molecule has 4 rings (SSSR count). The van der Waals surface area contributed by atoms with Gasteiger partial charge in [-0.3, -0.25) is 9.59 Å². The average Bonchev–Trinajstić information content (AvgIpc) is 3.01. The van der Waals surface area contributed by atoms with Gasteiger partial charge in [-0.05, 0) is 72.7 Å². The second-order valence-electron chi connectivity index (χ2n) is 10.4. The number of rotatable bonds is 13. The third-order valence-electron chi connectivity index (χ3n) is 7.25. The SMILES string of the molecule is CCOc1ccc(/C=C/C(=O)N2CCC(CC(=O)NC(Cc3ccc(OCc4ccccc4)cc3)C(=O)O)CC2)cc1. The van der Waals surface area contributed by atoms with E-state index in [9.17, 15) is 19.5 Å². The van der Waals surface area contributed by atoms with E-state index in [1.807, 2.05) is 73.7 Å². The molecule has 8 nitrogen and oxygen atoms in total. The van der Waals surface area contributed by atoms with Crippen molar-refractivity contribution in [2.45, 2.75) is 45.3 Å². The molecule has 1 atom stereocenters. The van der Waals surface area contributed by atoms with Gasteiger partial charge in [0.2, 0.25) is 11.8 Å². The number of amides is 2. The number of carbonyl (C=O) groups is 3. The number of benzene rings is 3. The predicted octanol–water partition coefficient (Wildman–Crippen LogP) is 5.12. The van der Waals surface area contributed by atoms with E-state index in [2.05, 4.69) is 5.32 Å². The number of ether oxygens (including phenoxy) is 2. The molecule has 3 aromatic carbocycles. The third kappa shape index (κ3) is 9.51. The Hall–Kier alpha value is -4.59. The van der Waals surface area contributed by atoms with Crippen molar-refractivity contribution in [3.63, 3.8) is 0 Å². The first kappa shape index (κ1) is 30.4. The molecule has 220 valence electrons. The number of hydrogen-bond acceptors (Lipinski definition) is 5. The van der Waals surface area contributed by atoms with Crippen molar-refractivity contribution in [3.05, 3.63) is 102 Å². The summed E-state index contributed by atoms with van der Waals surface area (Å²) in [7, 11) is 0. The van der Waals surface area contributed by atoms with Crippen LogP contribution in [0.25, 0.3) is 6.08 Å². The molecule has 3 aromatic rings. The first-order chi connectivity index (χ1) is 20.4. The topological polar surface area (TPSA) is 105 Å². The van der Waals surface area contributed by atoms with Crippen molar-refractivity contribution in [1.29, 1.82) is 0 Å². The van der Waals surface area contributed by atoms with Gasteiger partial charge in [-0.25, -0.2) is 4.79 Å². The van der Waals surface area contributed by atoms with E-state index in [4.69, 9.17) is 9.47 Å². The summed E-state index contributed by atoms with van der Waals surface area (Å²) in [5.74, 6) is 0.155. The Morgan fingerprint density at radius 1 is 0.905 bits per heavy atom. The van der Waals surface area contributed by atoms with Crippen LogP contribution < -0.4 is 14.8 Å². The molecule has 0 aliphatic carbocycles. The summed E-state index contributed by atoms with van der Waals surface area (Å²) in [5.41, 5.74) is 2.77. The highest BCUT2D eigenvalue weighted by atomic mass is 16.5. The molecule has 1 aliphatic rings. The predicted molar refractivity (Wildman–Crippen MR) is 161 cm³/mol. The van der Waals surface area contributed by atoms with Gasteiger partial charge in [0.25, 0.3) is 0 Å². The maximum atomic E-state index is 12.7. The van der Waals surface area contributed by atoms with Crippen LogP contribution in [0, 0.1) is 5.92 Å². The number of nitrogens with zero attached hydrogens (tertiary/aromatic N) is 1. The molecule has 0 saturated carbocycles. The van der Waals surface area contributed by atoms with Gasteiger partial charge in [0.1, 0.15) is 24.1 Å². The summed E-state index contributed by atoms with van der Waals surface area (Å²) >= 11 is 0. The zero-order valence-corrected chi connectivity index (χ0v) is 23.9. The smallest absolute Gasteiger partial charge is 0.326 e. The van der Waals surface area contributed by atoms with Gasteiger partial charge in [-0.2, -0.15) is 0 Å². The van der Waals surface area contributed by atoms with Crippen molar-refractivity contribution >= 4 is 23.9 Å². The summed E-state index contributed by atoms with van der Waals surface area (Å²) in [5, 5.41) is 12.4. The van der Waals surface area contributed by atoms with E-state index < -0.39 is 12.0 Å². The molecule has 0 bridgehead atoms. The van der Waals surface area contributed by atoms with Crippen LogP contribution in [0.1, 0.15) is 42.9 Å². The number of likely N-dealkylation sites (tertiary alicyclic amines) is 1. The van der Waals surface area contributed by atoms with E-state index >= 15 is 0 Å². The van der Waals surface area contributed by atoms with Crippen molar-refractivity contribution in [1.82, 2.24) is 10.2 Å². The number of aliphatic carboxylic acids is 1. The second kappa shape index (κ2) is 15.4. The van der Waals surface area contributed by atoms with E-state index in [0.29, 0.717) is 44.9 Å². The van der Waals surface area contributed by atoms with Crippen molar-refractivity contribution in [2.24, 2.45) is 5.92 Å². The van der Waals surface area contributed by atoms with Crippen molar-refractivity contribution < 1.29 is 29.0 Å². The van der Waals surface area contributed by atoms with E-state index in [1.54, 1.807) is 29.2 Å². The van der Waals surface area contributed by atoms with Gasteiger partial charge in [-0.15, -0.1) is 0 Å². The number of carbonyl (C=O) groups excluding carboxylic acids is 2. The molecule has 1 aliphatic heterocycles. The number of carboxylic acid groups (broad SMARTS) is 1. The molecule has 0 aromatic heterocycles. The molecule has 1 saturated heterocycles. The van der Waals surface area contributed by atoms with Gasteiger partial charge in [0.05, 0.1) is 6.61 Å². The first-order valence-corrected chi connectivity index (χ1v) is 14.4. The Kier molecular flexibility index (Phi) is 11.2. The van der Waals surface area contributed by atoms with Gasteiger partial charge in [-0.1, -0.05) is 54.6 Å². The number of nitrogens with one attached hydrogen (secondary N) is 1. The summed E-state index contributed by atoms with van der Waals surface area (Å²) in [4.78, 5) is 39.1. The second-order valence-corrected chi connectivity index (χ2v) is 10.4. The quantitative estimate of drug-likeness (QED) is 0.277. The minimum Gasteiger partial charge on any atom is -0.494 e. The minimum absolute atomic E-state index is 0.0609. The lowest BCUT2D eigenvalue weighted by atomic mass is 9.93. The lowest BCUT2D eigenvalue weighted by molar-refractivity contribution is -0.142. The van der Waals surface area contributed by atoms with Crippen LogP contribution in [-0.4, -0.2) is 53.5 Å². The largest absolute Gasteiger partial charge is 0.494 e. The fourth-order valence-corrected chi connectivity index (χ4v) is 4.89. The Labute approximate surface area is 247 Å². The molecule has 1 unspecified atom stereocenters. The van der Waals surface area contributed by atoms with Crippen molar-refractivity contribution in [3.8, 4) is 11.5 Å². The summed E-state index contributed by atoms with van der Waals surface area (Å²) < 4.78 is 11.2. The zero-order chi connectivity index (χ0) is 29.7. The minimum atomic E-state index is -1.08. The van der Waals surface area contributed by atoms with Gasteiger partial charge >= 0.3 is 5.97 Å². The van der Waals surface area contributed by atoms with E-state index in [-0.39, 0.29) is 30.6 Å². The van der Waals surface area contributed by atoms with Crippen LogP contribution in [0.4, 0.5) is 0 Å². The van der Waals surface area contributed by atoms with Crippen LogP contribution in [0.2, 0.25) is 0 Å². The maximum absolute atomic E-state index is 12.7. The number of carboxylic acids is 1. The van der Waals surface area contributed by atoms with Crippen LogP contribution in [0.15, 0.2) is 84.9 Å². The molecular formula is C34H38N2O6. The molecule has 0 spiro atoms. The maximum Gasteiger partial charge on any atom is 0.326 e. The Balaban J connectivity index is 1.19. The third-order valence-corrected chi connectivity index (χ3v) is 7.25. The van der Waals surface area contributed by atoms with Crippen LogP contribution in [0.3, 0.4) is 0 Å². The van der Waals surface area contributed by atoms with Crippen LogP contribution >= 0.6 is 0 Å². The molecule has 0 radical (unpaired) electrons. The molecular weight excluding hydrogens is 532 g/mol. The van der Waals surface area contributed by atoms with Crippen LogP contribution in [0.5, 0.6) is 11.5 Å². The zero-order valence-electron chi connectivity index (χ0n) is 23.9. The molecule has 2 N–H and O–H groups in total. The Morgan fingerprint density at radius 2 is 1.55 bits per heavy atom. The monoisotopic (exact) mass is 570 g/mol. The lowest BCUT2D eigenvalue weighted by Crippen LogP contribution is -2.44. The standard InChI is InChI=1S/C34H38N2O6/c1-2-41-29-13-8-25(9-14-29)12-17-33(38)36-20-18-27(19-21-36)23-32(37)35-31(34(39)40)22-26-10-15-30(16-11-26)42-24-28-6-4-3-5-7-28/h3-17,27,31H,2,18-24H2,1H3,(H,35,37)(H,39,40)/b17-12+. The van der Waals surface area contributed by atoms with Gasteiger partial charge < -0.3 is 24.8 Å². The Morgan fingerprint density at radius 3 is 2.19 bits per heavy atom. The highest BCUT2D eigenvalue weighted by Gasteiger charge is 2.26. The van der Waals surface area contributed by atoms with E-state index in [1.165, 1.54) is 0 Å². The number of piperidine rings is 1. The van der Waals surface area contributed by atoms with Crippen LogP contribution in [-0.2, 0) is 27.4 Å². The molecule has 1 heterocycles. The highest BCUT2D eigenvalue weighted by Crippen LogP contribution is 2.22. The molecule has 42 heavy (non-hydrogen) atoms. The number of hydrogen-bond donors (Lipinski definition) is 2. The van der Waals surface area contributed by atoms with Crippen molar-refractivity contribution in [2.75, 3.05) is 19.7 Å². The average molecular weight is 571 g/mol. The molecule has 2 amide bonds. The highest BCUT2D eigenvalue weighted by molar-refractivity contribution is 5.92. The molecule has 8 heteroatoms. The fourth-order valence-electron chi connectivity index (χ4n) is 4.89. The van der Waals surface area contributed by atoms with E-state index in [0.717, 1.165) is 22.4 Å². The Bertz CT molecular complexity index is 1330.